The summed E-state index contributed by atoms with van der Waals surface area (Å²) in [6.45, 7) is 0. The van der Waals surface area contributed by atoms with Crippen molar-refractivity contribution in [2.24, 2.45) is 0 Å². The van der Waals surface area contributed by atoms with Crippen LogP contribution in [0.1, 0.15) is 0 Å². The summed E-state index contributed by atoms with van der Waals surface area (Å²) in [6.07, 6.45) is 0. The van der Waals surface area contributed by atoms with Crippen LogP contribution in [0.3, 0.4) is 0 Å². The van der Waals surface area contributed by atoms with Crippen LogP contribution in [0.2, 0.25) is 0 Å². The van der Waals surface area contributed by atoms with Gasteiger partial charge in [-0.3, -0.25) is 0 Å². The molecular formula is C57H34N4O2. The molecule has 0 aliphatic carbocycles. The molecule has 0 bridgehead atoms. The quantitative estimate of drug-likeness (QED) is 0.167. The van der Waals surface area contributed by atoms with E-state index >= 15 is 0 Å². The van der Waals surface area contributed by atoms with E-state index in [0.717, 1.165) is 88.4 Å². The molecule has 294 valence electrons. The molecule has 0 amide bonds. The molecule has 0 spiro atoms. The van der Waals surface area contributed by atoms with Gasteiger partial charge in [0.25, 0.3) is 0 Å². The molecular weight excluding hydrogens is 773 g/mol. The van der Waals surface area contributed by atoms with Crippen molar-refractivity contribution in [3.05, 3.63) is 206 Å². The third-order valence-corrected chi connectivity index (χ3v) is 12.3. The lowest BCUT2D eigenvalue weighted by molar-refractivity contribution is 0.668. The first-order chi connectivity index (χ1) is 31.2. The fraction of sp³-hybridized carbons (Fsp3) is 0. The highest BCUT2D eigenvalue weighted by molar-refractivity contribution is 6.17. The summed E-state index contributed by atoms with van der Waals surface area (Å²) in [5, 5.41) is 6.45. The minimum atomic E-state index is 0.552. The van der Waals surface area contributed by atoms with Gasteiger partial charge in [0, 0.05) is 54.7 Å². The standard InChI is InChI=1S/C57H34N4O2/c1-4-14-35(15-5-1)38-26-29-42-43-30-27-39(33-52(43)63-51(42)32-38)56-58-55(37-18-8-3-9-19-37)59-57(60-56)45-22-13-25-50-54(45)46-34-40(28-31-49(46)62-50)61-47-23-11-10-20-44(47)53-41(21-12-24-48(53)61)36-16-6-2-7-17-36/h1-34H. The monoisotopic (exact) mass is 806 g/mol. The van der Waals surface area contributed by atoms with E-state index in [9.17, 15) is 0 Å². The minimum absolute atomic E-state index is 0.552. The molecule has 6 nitrogen and oxygen atoms in total. The number of para-hydroxylation sites is 1. The lowest BCUT2D eigenvalue weighted by Gasteiger charge is -2.10. The van der Waals surface area contributed by atoms with Gasteiger partial charge in [0.2, 0.25) is 0 Å². The van der Waals surface area contributed by atoms with Crippen molar-refractivity contribution in [2.45, 2.75) is 0 Å². The third kappa shape index (κ3) is 5.69. The van der Waals surface area contributed by atoms with E-state index in [1.54, 1.807) is 0 Å². The van der Waals surface area contributed by atoms with Gasteiger partial charge in [-0.05, 0) is 82.9 Å². The Morgan fingerprint density at radius 3 is 1.67 bits per heavy atom. The Hall–Kier alpha value is -8.61. The number of aromatic nitrogens is 4. The number of rotatable bonds is 6. The van der Waals surface area contributed by atoms with Crippen LogP contribution in [0, 0.1) is 0 Å². The highest BCUT2D eigenvalue weighted by Gasteiger charge is 2.21. The van der Waals surface area contributed by atoms with E-state index in [4.69, 9.17) is 23.8 Å². The van der Waals surface area contributed by atoms with Crippen LogP contribution >= 0.6 is 0 Å². The van der Waals surface area contributed by atoms with Crippen molar-refractivity contribution >= 4 is 65.7 Å². The van der Waals surface area contributed by atoms with Crippen LogP contribution in [0.15, 0.2) is 215 Å². The van der Waals surface area contributed by atoms with E-state index in [-0.39, 0.29) is 0 Å². The lowest BCUT2D eigenvalue weighted by Crippen LogP contribution is -2.00. The van der Waals surface area contributed by atoms with E-state index in [1.807, 2.05) is 54.6 Å². The van der Waals surface area contributed by atoms with E-state index < -0.39 is 0 Å². The average molecular weight is 807 g/mol. The number of fused-ring (bicyclic) bond motifs is 9. The molecule has 0 atom stereocenters. The van der Waals surface area contributed by atoms with Crippen molar-refractivity contribution in [3.63, 3.8) is 0 Å². The summed E-state index contributed by atoms with van der Waals surface area (Å²) < 4.78 is 15.5. The van der Waals surface area contributed by atoms with E-state index in [2.05, 4.69) is 156 Å². The molecule has 63 heavy (non-hydrogen) atoms. The van der Waals surface area contributed by atoms with Gasteiger partial charge in [-0.2, -0.15) is 0 Å². The van der Waals surface area contributed by atoms with Crippen molar-refractivity contribution < 1.29 is 8.83 Å². The van der Waals surface area contributed by atoms with Crippen LogP contribution in [-0.2, 0) is 0 Å². The molecule has 13 rings (SSSR count). The third-order valence-electron chi connectivity index (χ3n) is 12.3. The fourth-order valence-electron chi connectivity index (χ4n) is 9.36. The van der Waals surface area contributed by atoms with Gasteiger partial charge in [0.05, 0.1) is 11.0 Å². The maximum atomic E-state index is 6.59. The first kappa shape index (κ1) is 35.2. The average Bonchev–Trinajstić information content (AvgIpc) is 4.03. The Balaban J connectivity index is 0.989. The maximum absolute atomic E-state index is 6.59. The van der Waals surface area contributed by atoms with E-state index in [1.165, 1.54) is 21.9 Å². The Bertz CT molecular complexity index is 3900. The van der Waals surface area contributed by atoms with Gasteiger partial charge in [-0.15, -0.1) is 0 Å². The predicted molar refractivity (Wildman–Crippen MR) is 256 cm³/mol. The molecule has 0 saturated heterocycles. The molecule has 4 aromatic heterocycles. The van der Waals surface area contributed by atoms with Gasteiger partial charge in [0.1, 0.15) is 22.3 Å². The second-order valence-corrected chi connectivity index (χ2v) is 15.9. The van der Waals surface area contributed by atoms with Crippen molar-refractivity contribution in [3.8, 4) is 62.1 Å². The largest absolute Gasteiger partial charge is 0.456 e. The molecule has 0 aliphatic rings. The van der Waals surface area contributed by atoms with Gasteiger partial charge in [-0.1, -0.05) is 146 Å². The zero-order valence-corrected chi connectivity index (χ0v) is 33.7. The number of furan rings is 2. The summed E-state index contributed by atoms with van der Waals surface area (Å²) in [5.41, 5.74) is 13.7. The molecule has 0 aliphatic heterocycles. The molecule has 13 aromatic rings. The number of benzene rings is 9. The van der Waals surface area contributed by atoms with E-state index in [0.29, 0.717) is 17.5 Å². The zero-order valence-electron chi connectivity index (χ0n) is 33.7. The first-order valence-electron chi connectivity index (χ1n) is 21.1. The summed E-state index contributed by atoms with van der Waals surface area (Å²) in [4.78, 5) is 15.5. The SMILES string of the molecule is c1ccc(-c2ccc3c(c2)oc2cc(-c4nc(-c5ccccc5)nc(-c5cccc6oc7ccc(-n8c9ccccc9c9c(-c%10ccccc%10)cccc98)cc7c56)n4)ccc23)cc1. The molecule has 0 fully saturated rings. The maximum Gasteiger partial charge on any atom is 0.164 e. The van der Waals surface area contributed by atoms with Crippen LogP contribution in [0.4, 0.5) is 0 Å². The summed E-state index contributed by atoms with van der Waals surface area (Å²) in [7, 11) is 0. The van der Waals surface area contributed by atoms with Gasteiger partial charge >= 0.3 is 0 Å². The Morgan fingerprint density at radius 2 is 0.889 bits per heavy atom. The Morgan fingerprint density at radius 1 is 0.302 bits per heavy atom. The summed E-state index contributed by atoms with van der Waals surface area (Å²) in [6, 6.07) is 71.5. The molecule has 0 radical (unpaired) electrons. The summed E-state index contributed by atoms with van der Waals surface area (Å²) in [5.74, 6) is 1.69. The second-order valence-electron chi connectivity index (χ2n) is 15.9. The molecule has 9 aromatic carbocycles. The zero-order chi connectivity index (χ0) is 41.4. The van der Waals surface area contributed by atoms with Crippen molar-refractivity contribution in [2.75, 3.05) is 0 Å². The molecule has 0 N–H and O–H groups in total. The number of nitrogens with zero attached hydrogens (tertiary/aromatic N) is 4. The number of hydrogen-bond acceptors (Lipinski definition) is 5. The van der Waals surface area contributed by atoms with Crippen LogP contribution < -0.4 is 0 Å². The number of hydrogen-bond donors (Lipinski definition) is 0. The van der Waals surface area contributed by atoms with Gasteiger partial charge in [-0.25, -0.2) is 15.0 Å². The van der Waals surface area contributed by atoms with Crippen LogP contribution in [-0.4, -0.2) is 19.5 Å². The van der Waals surface area contributed by atoms with Crippen LogP contribution in [0.25, 0.3) is 128 Å². The first-order valence-corrected chi connectivity index (χ1v) is 21.1. The predicted octanol–water partition coefficient (Wildman–Crippen LogP) is 15.1. The lowest BCUT2D eigenvalue weighted by atomic mass is 9.99. The molecule has 4 heterocycles. The highest BCUT2D eigenvalue weighted by atomic mass is 16.3. The van der Waals surface area contributed by atoms with Gasteiger partial charge in [0.15, 0.2) is 17.5 Å². The van der Waals surface area contributed by atoms with Crippen molar-refractivity contribution in [1.82, 2.24) is 19.5 Å². The Labute approximate surface area is 361 Å². The smallest absolute Gasteiger partial charge is 0.164 e. The topological polar surface area (TPSA) is 69.9 Å². The second kappa shape index (κ2) is 14.0. The minimum Gasteiger partial charge on any atom is -0.456 e. The normalized spacial score (nSPS) is 11.8. The van der Waals surface area contributed by atoms with Crippen molar-refractivity contribution in [1.29, 1.82) is 0 Å². The fourth-order valence-corrected chi connectivity index (χ4v) is 9.36. The summed E-state index contributed by atoms with van der Waals surface area (Å²) >= 11 is 0. The molecule has 0 saturated carbocycles. The van der Waals surface area contributed by atoms with Crippen LogP contribution in [0.5, 0.6) is 0 Å². The molecule has 0 unspecified atom stereocenters. The van der Waals surface area contributed by atoms with Gasteiger partial charge < -0.3 is 13.4 Å². The molecule has 6 heteroatoms. The highest BCUT2D eigenvalue weighted by Crippen LogP contribution is 2.42. The Kier molecular flexibility index (Phi) is 7.80.